The van der Waals surface area contributed by atoms with Gasteiger partial charge >= 0.3 is 0 Å². The van der Waals surface area contributed by atoms with E-state index in [0.717, 1.165) is 21.6 Å². The molecule has 0 aliphatic carbocycles. The van der Waals surface area contributed by atoms with Gasteiger partial charge in [0.15, 0.2) is 6.10 Å². The largest absolute Gasteiger partial charge is 0.481 e. The molecule has 130 valence electrons. The van der Waals surface area contributed by atoms with E-state index in [0.29, 0.717) is 5.75 Å². The fraction of sp³-hybridized carbons (Fsp3) is 0.250. The Morgan fingerprint density at radius 2 is 1.84 bits per heavy atom. The lowest BCUT2D eigenvalue weighted by atomic mass is 10.2. The van der Waals surface area contributed by atoms with Crippen molar-refractivity contribution in [2.24, 2.45) is 0 Å². The lowest BCUT2D eigenvalue weighted by molar-refractivity contribution is -0.128. The highest BCUT2D eigenvalue weighted by molar-refractivity contribution is 7.98. The van der Waals surface area contributed by atoms with Crippen LogP contribution in [-0.2, 0) is 4.79 Å². The number of hydrogen-bond acceptors (Lipinski definition) is 4. The van der Waals surface area contributed by atoms with Crippen molar-refractivity contribution >= 4 is 28.6 Å². The molecule has 0 fully saturated rings. The van der Waals surface area contributed by atoms with E-state index in [1.165, 1.54) is 0 Å². The summed E-state index contributed by atoms with van der Waals surface area (Å²) in [4.78, 5) is 13.5. The van der Waals surface area contributed by atoms with Crippen LogP contribution < -0.4 is 10.1 Å². The molecule has 3 rings (SSSR count). The number of carbonyl (C=O) groups is 1. The van der Waals surface area contributed by atoms with Crippen LogP contribution in [-0.4, -0.2) is 18.3 Å². The molecule has 1 amide bonds. The number of para-hydroxylation sites is 1. The van der Waals surface area contributed by atoms with Crippen LogP contribution in [0.25, 0.3) is 11.0 Å². The minimum Gasteiger partial charge on any atom is -0.481 e. The maximum atomic E-state index is 12.4. The molecule has 0 radical (unpaired) electrons. The van der Waals surface area contributed by atoms with Gasteiger partial charge in [-0.1, -0.05) is 18.2 Å². The average Bonchev–Trinajstić information content (AvgIpc) is 3.06. The van der Waals surface area contributed by atoms with Crippen molar-refractivity contribution in [2.45, 2.75) is 30.9 Å². The molecule has 2 unspecified atom stereocenters. The molecule has 0 aliphatic heterocycles. The number of nitrogens with one attached hydrogen (secondary N) is 1. The zero-order chi connectivity index (χ0) is 17.8. The number of benzene rings is 2. The Kier molecular flexibility index (Phi) is 5.34. The van der Waals surface area contributed by atoms with Crippen molar-refractivity contribution in [3.05, 3.63) is 60.4 Å². The number of ether oxygens (including phenoxy) is 1. The standard InChI is InChI=1S/C20H21NO3S/c1-13(19-12-15-6-4-5-7-18(15)24-19)21-20(22)14(2)23-16-8-10-17(25-3)11-9-16/h4-14H,1-3H3,(H,21,22). The molecule has 1 aromatic heterocycles. The number of hydrogen-bond donors (Lipinski definition) is 1. The summed E-state index contributed by atoms with van der Waals surface area (Å²) in [7, 11) is 0. The molecule has 25 heavy (non-hydrogen) atoms. The van der Waals surface area contributed by atoms with E-state index >= 15 is 0 Å². The highest BCUT2D eigenvalue weighted by Crippen LogP contribution is 2.24. The summed E-state index contributed by atoms with van der Waals surface area (Å²) in [5.41, 5.74) is 0.816. The number of rotatable bonds is 6. The molecule has 0 saturated heterocycles. The molecule has 3 aromatic rings. The number of furan rings is 1. The smallest absolute Gasteiger partial charge is 0.261 e. The Morgan fingerprint density at radius 1 is 1.12 bits per heavy atom. The second kappa shape index (κ2) is 7.66. The van der Waals surface area contributed by atoms with Gasteiger partial charge in [0.25, 0.3) is 5.91 Å². The normalized spacial score (nSPS) is 13.4. The number of fused-ring (bicyclic) bond motifs is 1. The first-order valence-corrected chi connectivity index (χ1v) is 9.39. The molecule has 0 saturated carbocycles. The van der Waals surface area contributed by atoms with Crippen molar-refractivity contribution in [1.82, 2.24) is 5.32 Å². The summed E-state index contributed by atoms with van der Waals surface area (Å²) in [5.74, 6) is 1.23. The zero-order valence-electron chi connectivity index (χ0n) is 14.5. The molecule has 5 heteroatoms. The molecule has 1 heterocycles. The quantitative estimate of drug-likeness (QED) is 0.645. The maximum absolute atomic E-state index is 12.4. The molecule has 2 atom stereocenters. The maximum Gasteiger partial charge on any atom is 0.261 e. The molecule has 0 aliphatic rings. The fourth-order valence-corrected chi connectivity index (χ4v) is 2.94. The summed E-state index contributed by atoms with van der Waals surface area (Å²) in [6.07, 6.45) is 1.43. The van der Waals surface area contributed by atoms with Gasteiger partial charge in [0.05, 0.1) is 6.04 Å². The second-order valence-corrected chi connectivity index (χ2v) is 6.73. The van der Waals surface area contributed by atoms with E-state index in [2.05, 4.69) is 5.32 Å². The van der Waals surface area contributed by atoms with Crippen LogP contribution in [0.15, 0.2) is 63.9 Å². The Hall–Kier alpha value is -2.40. The second-order valence-electron chi connectivity index (χ2n) is 5.85. The molecule has 2 aromatic carbocycles. The molecule has 1 N–H and O–H groups in total. The summed E-state index contributed by atoms with van der Waals surface area (Å²) in [6, 6.07) is 17.2. The Labute approximate surface area is 151 Å². The van der Waals surface area contributed by atoms with Crippen LogP contribution in [0.4, 0.5) is 0 Å². The highest BCUT2D eigenvalue weighted by atomic mass is 32.2. The summed E-state index contributed by atoms with van der Waals surface area (Å²) >= 11 is 1.67. The Morgan fingerprint density at radius 3 is 2.52 bits per heavy atom. The number of amides is 1. The third-order valence-corrected chi connectivity index (χ3v) is 4.72. The van der Waals surface area contributed by atoms with Crippen LogP contribution in [0.1, 0.15) is 25.6 Å². The lowest BCUT2D eigenvalue weighted by Crippen LogP contribution is -2.37. The number of thioether (sulfide) groups is 1. The molecule has 0 bridgehead atoms. The molecular weight excluding hydrogens is 334 g/mol. The third kappa shape index (κ3) is 4.17. The van der Waals surface area contributed by atoms with Crippen molar-refractivity contribution in [2.75, 3.05) is 6.26 Å². The predicted molar refractivity (Wildman–Crippen MR) is 101 cm³/mol. The van der Waals surface area contributed by atoms with Crippen molar-refractivity contribution in [3.8, 4) is 5.75 Å². The highest BCUT2D eigenvalue weighted by Gasteiger charge is 2.19. The van der Waals surface area contributed by atoms with E-state index in [-0.39, 0.29) is 11.9 Å². The van der Waals surface area contributed by atoms with Gasteiger partial charge < -0.3 is 14.5 Å². The first-order valence-electron chi connectivity index (χ1n) is 8.16. The molecule has 0 spiro atoms. The van der Waals surface area contributed by atoms with E-state index in [9.17, 15) is 4.79 Å². The Balaban J connectivity index is 1.61. The monoisotopic (exact) mass is 355 g/mol. The fourth-order valence-electron chi connectivity index (χ4n) is 2.53. The zero-order valence-corrected chi connectivity index (χ0v) is 15.3. The van der Waals surface area contributed by atoms with Gasteiger partial charge in [-0.05, 0) is 56.5 Å². The van der Waals surface area contributed by atoms with Crippen molar-refractivity contribution in [3.63, 3.8) is 0 Å². The van der Waals surface area contributed by atoms with Crippen molar-refractivity contribution < 1.29 is 13.9 Å². The topological polar surface area (TPSA) is 51.5 Å². The first kappa shape index (κ1) is 17.4. The summed E-state index contributed by atoms with van der Waals surface area (Å²) in [5, 5.41) is 3.96. The predicted octanol–water partition coefficient (Wildman–Crippen LogP) is 4.80. The van der Waals surface area contributed by atoms with Gasteiger partial charge in [-0.25, -0.2) is 0 Å². The lowest BCUT2D eigenvalue weighted by Gasteiger charge is -2.17. The van der Waals surface area contributed by atoms with Crippen molar-refractivity contribution in [1.29, 1.82) is 0 Å². The Bertz CT molecular complexity index is 824. The van der Waals surface area contributed by atoms with Crippen LogP contribution >= 0.6 is 11.8 Å². The summed E-state index contributed by atoms with van der Waals surface area (Å²) < 4.78 is 11.5. The van der Waals surface area contributed by atoms with Crippen LogP contribution in [0, 0.1) is 0 Å². The van der Waals surface area contributed by atoms with Gasteiger partial charge in [0, 0.05) is 10.3 Å². The summed E-state index contributed by atoms with van der Waals surface area (Å²) in [6.45, 7) is 3.64. The minimum absolute atomic E-state index is 0.179. The van der Waals surface area contributed by atoms with E-state index in [4.69, 9.17) is 9.15 Å². The van der Waals surface area contributed by atoms with Gasteiger partial charge in [0.2, 0.25) is 0 Å². The minimum atomic E-state index is -0.591. The molecule has 4 nitrogen and oxygen atoms in total. The van der Waals surface area contributed by atoms with Crippen LogP contribution in [0.3, 0.4) is 0 Å². The first-order chi connectivity index (χ1) is 12.1. The van der Waals surface area contributed by atoms with Gasteiger partial charge in [-0.3, -0.25) is 4.79 Å². The average molecular weight is 355 g/mol. The van der Waals surface area contributed by atoms with Gasteiger partial charge in [-0.2, -0.15) is 0 Å². The molecular formula is C20H21NO3S. The van der Waals surface area contributed by atoms with Crippen LogP contribution in [0.2, 0.25) is 0 Å². The third-order valence-electron chi connectivity index (χ3n) is 3.97. The van der Waals surface area contributed by atoms with Gasteiger partial charge in [0.1, 0.15) is 17.1 Å². The van der Waals surface area contributed by atoms with E-state index in [1.54, 1.807) is 18.7 Å². The van der Waals surface area contributed by atoms with E-state index in [1.807, 2.05) is 67.8 Å². The van der Waals surface area contributed by atoms with E-state index < -0.39 is 6.10 Å². The van der Waals surface area contributed by atoms with Crippen LogP contribution in [0.5, 0.6) is 5.75 Å². The SMILES string of the molecule is CSc1ccc(OC(C)C(=O)NC(C)c2cc3ccccc3o2)cc1. The number of carbonyl (C=O) groups excluding carboxylic acids is 1. The van der Waals surface area contributed by atoms with Gasteiger partial charge in [-0.15, -0.1) is 11.8 Å².